The minimum absolute atomic E-state index is 0.256. The summed E-state index contributed by atoms with van der Waals surface area (Å²) in [5, 5.41) is 9.24. The van der Waals surface area contributed by atoms with Crippen LogP contribution in [-0.2, 0) is 0 Å². The summed E-state index contributed by atoms with van der Waals surface area (Å²) < 4.78 is 14.0. The van der Waals surface area contributed by atoms with E-state index in [0.717, 1.165) is 55.8 Å². The first kappa shape index (κ1) is 18.4. The number of benzene rings is 1. The highest BCUT2D eigenvalue weighted by molar-refractivity contribution is 5.99. The predicted molar refractivity (Wildman–Crippen MR) is 122 cm³/mol. The number of hydrogen-bond donors (Lipinski definition) is 2. The van der Waals surface area contributed by atoms with E-state index >= 15 is 0 Å². The lowest BCUT2D eigenvalue weighted by Crippen LogP contribution is -1.85. The molecule has 0 aliphatic rings. The first-order valence-electron chi connectivity index (χ1n) is 10.2. The van der Waals surface area contributed by atoms with E-state index < -0.39 is 0 Å². The molecule has 0 bridgehead atoms. The van der Waals surface area contributed by atoms with E-state index in [2.05, 4.69) is 30.1 Å². The summed E-state index contributed by atoms with van der Waals surface area (Å²) in [7, 11) is 0. The first-order chi connectivity index (χ1) is 15.7. The van der Waals surface area contributed by atoms with E-state index in [1.807, 2.05) is 49.4 Å². The Balaban J connectivity index is 1.52. The fraction of sp³-hybridized carbons (Fsp3) is 0.0400. The Morgan fingerprint density at radius 3 is 2.62 bits per heavy atom. The van der Waals surface area contributed by atoms with Gasteiger partial charge >= 0.3 is 0 Å². The Morgan fingerprint density at radius 2 is 1.78 bits per heavy atom. The zero-order valence-corrected chi connectivity index (χ0v) is 17.1. The molecule has 2 N–H and O–H groups in total. The van der Waals surface area contributed by atoms with Gasteiger partial charge in [0.25, 0.3) is 0 Å². The molecular formula is C25H17FN6. The van der Waals surface area contributed by atoms with Crippen LogP contribution in [0.5, 0.6) is 0 Å². The molecule has 5 heterocycles. The van der Waals surface area contributed by atoms with Crippen molar-refractivity contribution in [2.45, 2.75) is 6.92 Å². The molecule has 0 aliphatic heterocycles. The maximum absolute atomic E-state index is 14.0. The van der Waals surface area contributed by atoms with E-state index in [-0.39, 0.29) is 5.82 Å². The lowest BCUT2D eigenvalue weighted by Gasteiger charge is -2.05. The summed E-state index contributed by atoms with van der Waals surface area (Å²) in [6.45, 7) is 1.89. The van der Waals surface area contributed by atoms with E-state index in [4.69, 9.17) is 0 Å². The van der Waals surface area contributed by atoms with Crippen LogP contribution in [0.25, 0.3) is 55.8 Å². The summed E-state index contributed by atoms with van der Waals surface area (Å²) in [5.41, 5.74) is 7.32. The molecule has 6 rings (SSSR count). The second-order valence-corrected chi connectivity index (χ2v) is 7.73. The number of rotatable bonds is 3. The van der Waals surface area contributed by atoms with Gasteiger partial charge in [-0.05, 0) is 66.1 Å². The third-order valence-corrected chi connectivity index (χ3v) is 5.52. The van der Waals surface area contributed by atoms with Crippen LogP contribution in [0.2, 0.25) is 0 Å². The van der Waals surface area contributed by atoms with Crippen LogP contribution >= 0.6 is 0 Å². The highest BCUT2D eigenvalue weighted by Crippen LogP contribution is 2.34. The normalized spacial score (nSPS) is 11.4. The smallest absolute Gasteiger partial charge is 0.181 e. The zero-order valence-electron chi connectivity index (χ0n) is 17.1. The van der Waals surface area contributed by atoms with Crippen molar-refractivity contribution in [1.29, 1.82) is 0 Å². The molecule has 0 amide bonds. The molecule has 1 aromatic carbocycles. The number of aromatic nitrogens is 6. The standard InChI is InChI=1S/C25H17FN6/c1-14-8-15(10-17(26)9-14)18-5-7-28-24-19(18)12-22(30-24)23-20-11-16(13-29-25(20)32-31-23)21-4-2-3-6-27-21/h2-13H,1H3,(H,28,30)(H,29,31,32). The van der Waals surface area contributed by atoms with E-state index in [1.54, 1.807) is 24.7 Å². The van der Waals surface area contributed by atoms with Crippen molar-refractivity contribution in [3.05, 3.63) is 84.6 Å². The van der Waals surface area contributed by atoms with Crippen molar-refractivity contribution in [2.75, 3.05) is 0 Å². The Hall–Kier alpha value is -4.39. The van der Waals surface area contributed by atoms with Gasteiger partial charge in [0.05, 0.1) is 17.1 Å². The zero-order chi connectivity index (χ0) is 21.7. The molecule has 0 unspecified atom stereocenters. The molecule has 0 saturated carbocycles. The monoisotopic (exact) mass is 420 g/mol. The second kappa shape index (κ2) is 7.09. The highest BCUT2D eigenvalue weighted by Gasteiger charge is 2.15. The Morgan fingerprint density at radius 1 is 0.844 bits per heavy atom. The fourth-order valence-corrected chi connectivity index (χ4v) is 4.08. The van der Waals surface area contributed by atoms with Crippen LogP contribution in [0.4, 0.5) is 4.39 Å². The van der Waals surface area contributed by atoms with E-state index in [1.165, 1.54) is 6.07 Å². The van der Waals surface area contributed by atoms with Crippen LogP contribution in [0.1, 0.15) is 5.56 Å². The molecule has 0 spiro atoms. The van der Waals surface area contributed by atoms with Gasteiger partial charge in [-0.1, -0.05) is 12.1 Å². The maximum Gasteiger partial charge on any atom is 0.181 e. The second-order valence-electron chi connectivity index (χ2n) is 7.73. The number of hydrogen-bond acceptors (Lipinski definition) is 4. The number of pyridine rings is 3. The highest BCUT2D eigenvalue weighted by atomic mass is 19.1. The van der Waals surface area contributed by atoms with Gasteiger partial charge in [-0.15, -0.1) is 0 Å². The van der Waals surface area contributed by atoms with Gasteiger partial charge < -0.3 is 4.98 Å². The number of nitrogens with zero attached hydrogens (tertiary/aromatic N) is 4. The molecule has 0 fully saturated rings. The minimum atomic E-state index is -0.256. The molecule has 0 radical (unpaired) electrons. The number of nitrogens with one attached hydrogen (secondary N) is 2. The lowest BCUT2D eigenvalue weighted by atomic mass is 10.0. The maximum atomic E-state index is 14.0. The number of fused-ring (bicyclic) bond motifs is 2. The molecule has 5 aromatic heterocycles. The van der Waals surface area contributed by atoms with Gasteiger partial charge in [0.1, 0.15) is 11.5 Å². The average Bonchev–Trinajstić information content (AvgIpc) is 3.42. The molecule has 0 saturated heterocycles. The van der Waals surface area contributed by atoms with Crippen LogP contribution in [0, 0.1) is 12.7 Å². The number of aromatic amines is 2. The number of H-pyrrole nitrogens is 2. The fourth-order valence-electron chi connectivity index (χ4n) is 4.08. The van der Waals surface area contributed by atoms with Crippen LogP contribution in [0.3, 0.4) is 0 Å². The largest absolute Gasteiger partial charge is 0.338 e. The van der Waals surface area contributed by atoms with Gasteiger partial charge in [0.2, 0.25) is 0 Å². The van der Waals surface area contributed by atoms with Gasteiger partial charge in [-0.25, -0.2) is 14.4 Å². The van der Waals surface area contributed by atoms with Gasteiger partial charge in [0, 0.05) is 34.9 Å². The molecule has 6 aromatic rings. The summed E-state index contributed by atoms with van der Waals surface area (Å²) in [4.78, 5) is 16.8. The van der Waals surface area contributed by atoms with Crippen molar-refractivity contribution >= 4 is 22.1 Å². The van der Waals surface area contributed by atoms with Crippen LogP contribution < -0.4 is 0 Å². The van der Waals surface area contributed by atoms with Crippen LogP contribution in [-0.4, -0.2) is 30.1 Å². The van der Waals surface area contributed by atoms with Gasteiger partial charge in [-0.2, -0.15) is 5.10 Å². The summed E-state index contributed by atoms with van der Waals surface area (Å²) in [6, 6.07) is 16.8. The molecule has 7 heteroatoms. The predicted octanol–water partition coefficient (Wildman–Crippen LogP) is 5.68. The van der Waals surface area contributed by atoms with Gasteiger partial charge in [-0.3, -0.25) is 10.1 Å². The minimum Gasteiger partial charge on any atom is -0.338 e. The Labute approximate surface area is 182 Å². The van der Waals surface area contributed by atoms with Crippen molar-refractivity contribution in [3.63, 3.8) is 0 Å². The van der Waals surface area contributed by atoms with Crippen molar-refractivity contribution in [1.82, 2.24) is 30.1 Å². The molecule has 32 heavy (non-hydrogen) atoms. The summed E-state index contributed by atoms with van der Waals surface area (Å²) in [5.74, 6) is -0.256. The Bertz CT molecular complexity index is 1580. The van der Waals surface area contributed by atoms with Crippen molar-refractivity contribution in [2.24, 2.45) is 0 Å². The number of halogens is 1. The third-order valence-electron chi connectivity index (χ3n) is 5.52. The summed E-state index contributed by atoms with van der Waals surface area (Å²) >= 11 is 0. The molecule has 0 atom stereocenters. The molecular weight excluding hydrogens is 403 g/mol. The molecule has 6 nitrogen and oxygen atoms in total. The van der Waals surface area contributed by atoms with Crippen LogP contribution in [0.15, 0.2) is 73.2 Å². The summed E-state index contributed by atoms with van der Waals surface area (Å²) in [6.07, 6.45) is 5.26. The van der Waals surface area contributed by atoms with E-state index in [9.17, 15) is 4.39 Å². The van der Waals surface area contributed by atoms with Crippen molar-refractivity contribution < 1.29 is 4.39 Å². The molecule has 154 valence electrons. The lowest BCUT2D eigenvalue weighted by molar-refractivity contribution is 0.627. The average molecular weight is 420 g/mol. The topological polar surface area (TPSA) is 83.1 Å². The molecule has 0 aliphatic carbocycles. The third kappa shape index (κ3) is 3.02. The van der Waals surface area contributed by atoms with E-state index in [0.29, 0.717) is 5.65 Å². The quantitative estimate of drug-likeness (QED) is 0.386. The SMILES string of the molecule is Cc1cc(F)cc(-c2ccnc3[nH]c(-c4[nH]nc5ncc(-c6ccccn6)cc45)cc23)c1. The van der Waals surface area contributed by atoms with Gasteiger partial charge in [0.15, 0.2) is 5.65 Å². The Kier molecular flexibility index (Phi) is 4.07. The first-order valence-corrected chi connectivity index (χ1v) is 10.2. The van der Waals surface area contributed by atoms with Crippen molar-refractivity contribution in [3.8, 4) is 33.8 Å². The number of aryl methyl sites for hydroxylation is 1.